The van der Waals surface area contributed by atoms with Gasteiger partial charge in [-0.25, -0.2) is 0 Å². The molecule has 0 saturated heterocycles. The molecule has 0 radical (unpaired) electrons. The molecule has 2 rings (SSSR count). The predicted octanol–water partition coefficient (Wildman–Crippen LogP) is 3.97. The van der Waals surface area contributed by atoms with Crippen LogP contribution in [0.2, 0.25) is 0 Å². The first kappa shape index (κ1) is 26.5. The van der Waals surface area contributed by atoms with Crippen molar-refractivity contribution in [3.05, 3.63) is 35.7 Å². The van der Waals surface area contributed by atoms with E-state index >= 15 is 0 Å². The topological polar surface area (TPSA) is 76.4 Å². The van der Waals surface area contributed by atoms with E-state index in [0.29, 0.717) is 19.1 Å². The first-order chi connectivity index (χ1) is 14.1. The van der Waals surface area contributed by atoms with Gasteiger partial charge in [0, 0.05) is 38.7 Å². The van der Waals surface area contributed by atoms with Gasteiger partial charge in [-0.1, -0.05) is 43.8 Å². The second-order valence-electron chi connectivity index (χ2n) is 7.10. The fourth-order valence-corrected chi connectivity index (χ4v) is 3.53. The highest BCUT2D eigenvalue weighted by Gasteiger charge is 2.12. The summed E-state index contributed by atoms with van der Waals surface area (Å²) in [7, 11) is 1.79. The zero-order valence-electron chi connectivity index (χ0n) is 18.6. The highest BCUT2D eigenvalue weighted by Crippen LogP contribution is 2.18. The molecule has 0 amide bonds. The van der Waals surface area contributed by atoms with Crippen molar-refractivity contribution >= 4 is 41.7 Å². The van der Waals surface area contributed by atoms with Crippen molar-refractivity contribution < 1.29 is 4.74 Å². The average Bonchev–Trinajstić information content (AvgIpc) is 3.09. The Morgan fingerprint density at radius 2 is 2.00 bits per heavy atom. The first-order valence-corrected chi connectivity index (χ1v) is 11.4. The summed E-state index contributed by atoms with van der Waals surface area (Å²) in [4.78, 5) is 4.31. The van der Waals surface area contributed by atoms with E-state index in [4.69, 9.17) is 4.74 Å². The van der Waals surface area contributed by atoms with Crippen LogP contribution < -0.4 is 15.4 Å². The normalized spacial score (nSPS) is 11.3. The van der Waals surface area contributed by atoms with Gasteiger partial charge in [0.2, 0.25) is 0 Å². The van der Waals surface area contributed by atoms with Crippen LogP contribution in [0.1, 0.15) is 38.6 Å². The molecule has 2 N–H and O–H groups in total. The minimum Gasteiger partial charge on any atom is -0.494 e. The lowest BCUT2D eigenvalue weighted by molar-refractivity contribution is 0.336. The van der Waals surface area contributed by atoms with Crippen molar-refractivity contribution in [2.24, 2.45) is 10.9 Å². The minimum absolute atomic E-state index is 0. The number of aliphatic imine (C=N–C) groups is 1. The van der Waals surface area contributed by atoms with Gasteiger partial charge in [-0.2, -0.15) is 0 Å². The molecule has 1 aromatic carbocycles. The standard InChI is InChI=1S/C21H34N6OS.HI/c1-6-28-18-11-8-7-10-17(18)14-24-20(22-4)23-13-9-12-19-25-26-21(29-5)27(19)15-16(2)3;/h7-8,10-11,16H,6,9,12-15H2,1-5H3,(H2,22,23,24);1H. The molecule has 1 aromatic heterocycles. The number of rotatable bonds is 11. The van der Waals surface area contributed by atoms with Gasteiger partial charge >= 0.3 is 0 Å². The average molecular weight is 547 g/mol. The van der Waals surface area contributed by atoms with Crippen LogP contribution >= 0.6 is 35.7 Å². The van der Waals surface area contributed by atoms with Gasteiger partial charge in [-0.05, 0) is 31.6 Å². The van der Waals surface area contributed by atoms with Gasteiger partial charge in [-0.3, -0.25) is 4.99 Å². The molecule has 30 heavy (non-hydrogen) atoms. The number of hydrogen-bond acceptors (Lipinski definition) is 5. The molecule has 0 aliphatic carbocycles. The van der Waals surface area contributed by atoms with Crippen LogP contribution in [-0.2, 0) is 19.5 Å². The largest absolute Gasteiger partial charge is 0.494 e. The third-order valence-corrected chi connectivity index (χ3v) is 5.00. The fraction of sp³-hybridized carbons (Fsp3) is 0.571. The molecule has 0 atom stereocenters. The lowest BCUT2D eigenvalue weighted by Gasteiger charge is -2.15. The molecule has 1 heterocycles. The van der Waals surface area contributed by atoms with E-state index in [-0.39, 0.29) is 24.0 Å². The summed E-state index contributed by atoms with van der Waals surface area (Å²) in [5.41, 5.74) is 1.11. The smallest absolute Gasteiger partial charge is 0.191 e. The van der Waals surface area contributed by atoms with E-state index in [1.807, 2.05) is 31.4 Å². The van der Waals surface area contributed by atoms with Crippen LogP contribution in [0.3, 0.4) is 0 Å². The molecule has 168 valence electrons. The van der Waals surface area contributed by atoms with E-state index in [2.05, 4.69) is 50.3 Å². The Labute approximate surface area is 201 Å². The Morgan fingerprint density at radius 1 is 1.23 bits per heavy atom. The van der Waals surface area contributed by atoms with Crippen molar-refractivity contribution in [2.75, 3.05) is 26.5 Å². The monoisotopic (exact) mass is 546 g/mol. The number of para-hydroxylation sites is 1. The number of halogens is 1. The number of thioether (sulfide) groups is 1. The van der Waals surface area contributed by atoms with E-state index in [1.54, 1.807) is 18.8 Å². The molecule has 0 aliphatic heterocycles. The van der Waals surface area contributed by atoms with Crippen LogP contribution in [0.5, 0.6) is 5.75 Å². The third kappa shape index (κ3) is 8.33. The SMILES string of the molecule is CCOc1ccccc1CNC(=NC)NCCCc1nnc(SC)n1CC(C)C.I. The Morgan fingerprint density at radius 3 is 2.67 bits per heavy atom. The van der Waals surface area contributed by atoms with Gasteiger partial charge in [0.15, 0.2) is 11.1 Å². The molecule has 7 nitrogen and oxygen atoms in total. The van der Waals surface area contributed by atoms with Gasteiger partial charge < -0.3 is 19.9 Å². The number of aromatic nitrogens is 3. The van der Waals surface area contributed by atoms with Crippen LogP contribution in [0, 0.1) is 5.92 Å². The third-order valence-electron chi connectivity index (χ3n) is 4.34. The maximum absolute atomic E-state index is 5.68. The molecule has 0 saturated carbocycles. The van der Waals surface area contributed by atoms with Crippen molar-refractivity contribution in [1.82, 2.24) is 25.4 Å². The summed E-state index contributed by atoms with van der Waals surface area (Å²) >= 11 is 1.65. The van der Waals surface area contributed by atoms with E-state index in [9.17, 15) is 0 Å². The van der Waals surface area contributed by atoms with Gasteiger partial charge in [0.1, 0.15) is 11.6 Å². The first-order valence-electron chi connectivity index (χ1n) is 10.2. The number of nitrogens with one attached hydrogen (secondary N) is 2. The second-order valence-corrected chi connectivity index (χ2v) is 7.88. The van der Waals surface area contributed by atoms with Crippen molar-refractivity contribution in [3.8, 4) is 5.75 Å². The summed E-state index contributed by atoms with van der Waals surface area (Å²) in [6.45, 7) is 9.52. The van der Waals surface area contributed by atoms with Crippen LogP contribution in [-0.4, -0.2) is 47.2 Å². The summed E-state index contributed by atoms with van der Waals surface area (Å²) in [6.07, 6.45) is 3.89. The Kier molecular flexibility index (Phi) is 12.8. The summed E-state index contributed by atoms with van der Waals surface area (Å²) in [5.74, 6) is 3.31. The van der Waals surface area contributed by atoms with Gasteiger partial charge in [0.25, 0.3) is 0 Å². The Bertz CT molecular complexity index is 781. The quantitative estimate of drug-likeness (QED) is 0.146. The molecule has 2 aromatic rings. The number of benzene rings is 1. The molecule has 0 spiro atoms. The Hall–Kier alpha value is -1.49. The van der Waals surface area contributed by atoms with E-state index in [1.165, 1.54) is 0 Å². The van der Waals surface area contributed by atoms with E-state index < -0.39 is 0 Å². The number of nitrogens with zero attached hydrogens (tertiary/aromatic N) is 4. The summed E-state index contributed by atoms with van der Waals surface area (Å²) in [6, 6.07) is 8.07. The molecular formula is C21H35IN6OS. The van der Waals surface area contributed by atoms with E-state index in [0.717, 1.165) is 54.2 Å². The molecule has 0 aliphatic rings. The summed E-state index contributed by atoms with van der Waals surface area (Å²) < 4.78 is 7.93. The molecule has 0 unspecified atom stereocenters. The zero-order chi connectivity index (χ0) is 21.1. The molecular weight excluding hydrogens is 511 g/mol. The lowest BCUT2D eigenvalue weighted by Crippen LogP contribution is -2.37. The minimum atomic E-state index is 0. The van der Waals surface area contributed by atoms with Crippen molar-refractivity contribution in [1.29, 1.82) is 0 Å². The number of aryl methyl sites for hydroxylation is 1. The number of guanidine groups is 1. The maximum atomic E-state index is 5.68. The predicted molar refractivity (Wildman–Crippen MR) is 136 cm³/mol. The summed E-state index contributed by atoms with van der Waals surface area (Å²) in [5, 5.41) is 16.4. The maximum Gasteiger partial charge on any atom is 0.191 e. The molecule has 9 heteroatoms. The zero-order valence-corrected chi connectivity index (χ0v) is 21.8. The van der Waals surface area contributed by atoms with Crippen molar-refractivity contribution in [2.45, 2.75) is 51.9 Å². The number of ether oxygens (including phenoxy) is 1. The molecule has 0 bridgehead atoms. The van der Waals surface area contributed by atoms with Crippen molar-refractivity contribution in [3.63, 3.8) is 0 Å². The van der Waals surface area contributed by atoms with Gasteiger partial charge in [-0.15, -0.1) is 34.2 Å². The Balaban J connectivity index is 0.00000450. The highest BCUT2D eigenvalue weighted by molar-refractivity contribution is 14.0. The second kappa shape index (κ2) is 14.5. The lowest BCUT2D eigenvalue weighted by atomic mass is 10.2. The van der Waals surface area contributed by atoms with Crippen LogP contribution in [0.4, 0.5) is 0 Å². The number of hydrogen-bond donors (Lipinski definition) is 2. The van der Waals surface area contributed by atoms with Crippen LogP contribution in [0.25, 0.3) is 0 Å². The highest BCUT2D eigenvalue weighted by atomic mass is 127. The van der Waals surface area contributed by atoms with Gasteiger partial charge in [0.05, 0.1) is 6.61 Å². The molecule has 0 fully saturated rings. The fourth-order valence-electron chi connectivity index (χ4n) is 3.00. The van der Waals surface area contributed by atoms with Crippen LogP contribution in [0.15, 0.2) is 34.4 Å².